The number of likely N-dealkylation sites (tertiary alicyclic amines) is 1. The van der Waals surface area contributed by atoms with Gasteiger partial charge in [0.2, 0.25) is 0 Å². The van der Waals surface area contributed by atoms with E-state index in [0.717, 1.165) is 38.9 Å². The number of benzene rings is 1. The van der Waals surface area contributed by atoms with Crippen molar-refractivity contribution < 1.29 is 0 Å². The molecule has 0 bridgehead atoms. The van der Waals surface area contributed by atoms with Gasteiger partial charge in [-0.3, -0.25) is 4.90 Å². The summed E-state index contributed by atoms with van der Waals surface area (Å²) < 4.78 is 0. The van der Waals surface area contributed by atoms with Crippen LogP contribution in [0, 0.1) is 16.7 Å². The summed E-state index contributed by atoms with van der Waals surface area (Å²) in [6, 6.07) is 13.2. The van der Waals surface area contributed by atoms with Crippen LogP contribution in [0.1, 0.15) is 44.6 Å². The third-order valence-electron chi connectivity index (χ3n) is 4.15. The molecule has 2 rings (SSSR count). The Balaban J connectivity index is 1.98. The maximum absolute atomic E-state index is 9.58. The molecule has 1 unspecified atom stereocenters. The minimum atomic E-state index is -0.0942. The summed E-state index contributed by atoms with van der Waals surface area (Å²) in [7, 11) is 0. The number of piperidine rings is 1. The molecule has 0 aliphatic carbocycles. The first-order valence-corrected chi connectivity index (χ1v) is 7.45. The monoisotopic (exact) mass is 256 g/mol. The third-order valence-corrected chi connectivity index (χ3v) is 4.15. The number of nitriles is 1. The van der Waals surface area contributed by atoms with Crippen LogP contribution in [-0.4, -0.2) is 18.0 Å². The normalized spacial score (nSPS) is 24.0. The van der Waals surface area contributed by atoms with Gasteiger partial charge in [-0.15, -0.1) is 0 Å². The lowest BCUT2D eigenvalue weighted by molar-refractivity contribution is 0.115. The highest BCUT2D eigenvalue weighted by Crippen LogP contribution is 2.34. The maximum Gasteiger partial charge on any atom is 0.0703 e. The molecule has 0 amide bonds. The molecule has 1 aromatic carbocycles. The van der Waals surface area contributed by atoms with Crippen molar-refractivity contribution in [1.82, 2.24) is 4.90 Å². The van der Waals surface area contributed by atoms with Crippen LogP contribution in [0.5, 0.6) is 0 Å². The van der Waals surface area contributed by atoms with Gasteiger partial charge >= 0.3 is 0 Å². The number of rotatable bonds is 5. The minimum Gasteiger partial charge on any atom is -0.297 e. The van der Waals surface area contributed by atoms with Gasteiger partial charge in [-0.05, 0) is 31.4 Å². The summed E-state index contributed by atoms with van der Waals surface area (Å²) >= 11 is 0. The van der Waals surface area contributed by atoms with Gasteiger partial charge in [0, 0.05) is 13.1 Å². The SMILES string of the molecule is CCCCC1(C#N)CCCN(Cc2ccccc2)C1. The van der Waals surface area contributed by atoms with Crippen molar-refractivity contribution in [2.24, 2.45) is 5.41 Å². The molecule has 1 aliphatic heterocycles. The third kappa shape index (κ3) is 3.81. The second-order valence-electron chi connectivity index (χ2n) is 5.80. The summed E-state index contributed by atoms with van der Waals surface area (Å²) in [5.74, 6) is 0. The Kier molecular flexibility index (Phi) is 4.99. The van der Waals surface area contributed by atoms with Crippen LogP contribution in [0.3, 0.4) is 0 Å². The number of hydrogen-bond donors (Lipinski definition) is 0. The Bertz CT molecular complexity index is 421. The quantitative estimate of drug-likeness (QED) is 0.796. The molecule has 19 heavy (non-hydrogen) atoms. The Morgan fingerprint density at radius 3 is 2.79 bits per heavy atom. The predicted molar refractivity (Wildman–Crippen MR) is 78.5 cm³/mol. The van der Waals surface area contributed by atoms with E-state index in [0.29, 0.717) is 0 Å². The van der Waals surface area contributed by atoms with Crippen LogP contribution in [0.15, 0.2) is 30.3 Å². The van der Waals surface area contributed by atoms with Crippen LogP contribution in [0.2, 0.25) is 0 Å². The summed E-state index contributed by atoms with van der Waals surface area (Å²) in [5, 5.41) is 9.58. The standard InChI is InChI=1S/C17H24N2/c1-2-3-10-17(14-18)11-7-12-19(15-17)13-16-8-5-4-6-9-16/h4-6,8-9H,2-3,7,10-13,15H2,1H3. The van der Waals surface area contributed by atoms with Gasteiger partial charge < -0.3 is 0 Å². The summed E-state index contributed by atoms with van der Waals surface area (Å²) in [6.07, 6.45) is 5.65. The zero-order chi connectivity index (χ0) is 13.6. The molecule has 0 spiro atoms. The highest BCUT2D eigenvalue weighted by Gasteiger charge is 2.34. The lowest BCUT2D eigenvalue weighted by Crippen LogP contribution is -2.42. The molecule has 2 nitrogen and oxygen atoms in total. The summed E-state index contributed by atoms with van der Waals surface area (Å²) in [4.78, 5) is 2.46. The highest BCUT2D eigenvalue weighted by atomic mass is 15.1. The molecule has 1 heterocycles. The predicted octanol–water partition coefficient (Wildman–Crippen LogP) is 3.98. The molecule has 0 saturated carbocycles. The van der Waals surface area contributed by atoms with Gasteiger partial charge in [-0.2, -0.15) is 5.26 Å². The van der Waals surface area contributed by atoms with Crippen LogP contribution < -0.4 is 0 Å². The molecule has 1 aromatic rings. The molecule has 0 aromatic heterocycles. The molecular formula is C17H24N2. The van der Waals surface area contributed by atoms with Gasteiger partial charge in [-0.1, -0.05) is 50.1 Å². The van der Waals surface area contributed by atoms with Gasteiger partial charge in [0.25, 0.3) is 0 Å². The van der Waals surface area contributed by atoms with Gasteiger partial charge in [-0.25, -0.2) is 0 Å². The molecule has 1 fully saturated rings. The molecule has 2 heteroatoms. The van der Waals surface area contributed by atoms with Crippen LogP contribution in [0.4, 0.5) is 0 Å². The van der Waals surface area contributed by atoms with Gasteiger partial charge in [0.1, 0.15) is 0 Å². The van der Waals surface area contributed by atoms with E-state index in [1.54, 1.807) is 0 Å². The number of hydrogen-bond acceptors (Lipinski definition) is 2. The number of nitrogens with zero attached hydrogens (tertiary/aromatic N) is 2. The zero-order valence-corrected chi connectivity index (χ0v) is 11.9. The summed E-state index contributed by atoms with van der Waals surface area (Å²) in [5.41, 5.74) is 1.26. The fourth-order valence-electron chi connectivity index (χ4n) is 3.07. The van der Waals surface area contributed by atoms with Crippen LogP contribution >= 0.6 is 0 Å². The maximum atomic E-state index is 9.58. The second-order valence-corrected chi connectivity index (χ2v) is 5.80. The van der Waals surface area contributed by atoms with E-state index < -0.39 is 0 Å². The molecule has 0 N–H and O–H groups in total. The molecule has 102 valence electrons. The van der Waals surface area contributed by atoms with Crippen LogP contribution in [-0.2, 0) is 6.54 Å². The zero-order valence-electron chi connectivity index (χ0n) is 11.9. The highest BCUT2D eigenvalue weighted by molar-refractivity contribution is 5.15. The van der Waals surface area contributed by atoms with E-state index in [1.165, 1.54) is 18.4 Å². The van der Waals surface area contributed by atoms with Crippen LogP contribution in [0.25, 0.3) is 0 Å². The Labute approximate surface area is 117 Å². The molecule has 1 aliphatic rings. The first kappa shape index (κ1) is 14.1. The Morgan fingerprint density at radius 2 is 2.11 bits per heavy atom. The first-order valence-electron chi connectivity index (χ1n) is 7.45. The molecule has 0 radical (unpaired) electrons. The van der Waals surface area contributed by atoms with E-state index in [4.69, 9.17) is 0 Å². The Morgan fingerprint density at radius 1 is 1.32 bits per heavy atom. The van der Waals surface area contributed by atoms with Crippen molar-refractivity contribution in [3.63, 3.8) is 0 Å². The molecular weight excluding hydrogens is 232 g/mol. The van der Waals surface area contributed by atoms with E-state index >= 15 is 0 Å². The average Bonchev–Trinajstić information content (AvgIpc) is 2.46. The Hall–Kier alpha value is -1.33. The topological polar surface area (TPSA) is 27.0 Å². The largest absolute Gasteiger partial charge is 0.297 e. The van der Waals surface area contributed by atoms with Crippen molar-refractivity contribution in [1.29, 1.82) is 5.26 Å². The summed E-state index contributed by atoms with van der Waals surface area (Å²) in [6.45, 7) is 5.26. The van der Waals surface area contributed by atoms with Crippen molar-refractivity contribution in [3.05, 3.63) is 35.9 Å². The van der Waals surface area contributed by atoms with E-state index in [1.807, 2.05) is 0 Å². The van der Waals surface area contributed by atoms with Crippen molar-refractivity contribution in [2.75, 3.05) is 13.1 Å². The van der Waals surface area contributed by atoms with E-state index in [2.05, 4.69) is 48.2 Å². The molecule has 1 atom stereocenters. The van der Waals surface area contributed by atoms with Gasteiger partial charge in [0.15, 0.2) is 0 Å². The van der Waals surface area contributed by atoms with Crippen molar-refractivity contribution >= 4 is 0 Å². The van der Waals surface area contributed by atoms with E-state index in [-0.39, 0.29) is 5.41 Å². The smallest absolute Gasteiger partial charge is 0.0703 e. The molecule has 1 saturated heterocycles. The average molecular weight is 256 g/mol. The van der Waals surface area contributed by atoms with Crippen molar-refractivity contribution in [3.8, 4) is 6.07 Å². The minimum absolute atomic E-state index is 0.0942. The van der Waals surface area contributed by atoms with Gasteiger partial charge in [0.05, 0.1) is 11.5 Å². The fourth-order valence-corrected chi connectivity index (χ4v) is 3.07. The first-order chi connectivity index (χ1) is 9.28. The van der Waals surface area contributed by atoms with E-state index in [9.17, 15) is 5.26 Å². The van der Waals surface area contributed by atoms with Crippen molar-refractivity contribution in [2.45, 2.75) is 45.6 Å². The lowest BCUT2D eigenvalue weighted by Gasteiger charge is -2.38. The fraction of sp³-hybridized carbons (Fsp3) is 0.588. The lowest BCUT2D eigenvalue weighted by atomic mass is 9.77. The second kappa shape index (κ2) is 6.73. The number of unbranched alkanes of at least 4 members (excludes halogenated alkanes) is 1.